The van der Waals surface area contributed by atoms with Gasteiger partial charge >= 0.3 is 12.3 Å². The monoisotopic (exact) mass is 464 g/mol. The number of halogens is 3. The molecule has 0 unspecified atom stereocenters. The second-order valence-corrected chi connectivity index (χ2v) is 8.19. The van der Waals surface area contributed by atoms with E-state index in [-0.39, 0.29) is 19.6 Å². The Morgan fingerprint density at radius 3 is 2.42 bits per heavy atom. The van der Waals surface area contributed by atoms with Gasteiger partial charge in [-0.25, -0.2) is 8.42 Å². The van der Waals surface area contributed by atoms with E-state index in [0.717, 1.165) is 40.3 Å². The molecule has 31 heavy (non-hydrogen) atoms. The average molecular weight is 464 g/mol. The summed E-state index contributed by atoms with van der Waals surface area (Å²) in [5.74, 6) is -2.65. The largest absolute Gasteiger partial charge is 0.573 e. The standard InChI is InChI=1S/C15H15F3N6O6S/c16-15(17,18)30-10-1-3-11(4-2-10)31(28,29)23-6-5-22(7-12(23)14(26)27)13(25)8-24-20-9-19-21-24/h1-4,9,12H,5-8H2,(H,26,27)/t12-/m1/s1. The Morgan fingerprint density at radius 1 is 1.19 bits per heavy atom. The maximum atomic E-state index is 12.9. The van der Waals surface area contributed by atoms with Crippen LogP contribution < -0.4 is 4.74 Å². The number of carbonyl (C=O) groups excluding carboxylic acids is 1. The van der Waals surface area contributed by atoms with Crippen LogP contribution in [0.4, 0.5) is 13.2 Å². The lowest BCUT2D eigenvalue weighted by molar-refractivity contribution is -0.274. The summed E-state index contributed by atoms with van der Waals surface area (Å²) >= 11 is 0. The Morgan fingerprint density at radius 2 is 1.87 bits per heavy atom. The van der Waals surface area contributed by atoms with Crippen molar-refractivity contribution in [3.63, 3.8) is 0 Å². The van der Waals surface area contributed by atoms with Crippen LogP contribution in [0, 0.1) is 0 Å². The van der Waals surface area contributed by atoms with Crippen molar-refractivity contribution >= 4 is 21.9 Å². The molecular formula is C15H15F3N6O6S. The number of hydrogen-bond acceptors (Lipinski definition) is 8. The molecule has 1 amide bonds. The Kier molecular flexibility index (Phi) is 6.12. The minimum atomic E-state index is -4.95. The number of ether oxygens (including phenoxy) is 1. The fraction of sp³-hybridized carbons (Fsp3) is 0.400. The van der Waals surface area contributed by atoms with Gasteiger partial charge in [0.15, 0.2) is 6.33 Å². The van der Waals surface area contributed by atoms with Gasteiger partial charge in [0.05, 0.1) is 4.90 Å². The third-order valence-electron chi connectivity index (χ3n) is 4.30. The van der Waals surface area contributed by atoms with Crippen molar-refractivity contribution in [3.8, 4) is 5.75 Å². The van der Waals surface area contributed by atoms with Crippen molar-refractivity contribution in [2.45, 2.75) is 23.8 Å². The smallest absolute Gasteiger partial charge is 0.480 e. The normalized spacial score (nSPS) is 18.0. The van der Waals surface area contributed by atoms with Gasteiger partial charge in [-0.1, -0.05) is 0 Å². The van der Waals surface area contributed by atoms with Gasteiger partial charge in [-0.3, -0.25) is 9.59 Å². The first kappa shape index (κ1) is 22.4. The number of rotatable bonds is 6. The van der Waals surface area contributed by atoms with Gasteiger partial charge in [0.1, 0.15) is 18.3 Å². The Hall–Kier alpha value is -3.27. The van der Waals surface area contributed by atoms with Gasteiger partial charge in [0.25, 0.3) is 0 Å². The fourth-order valence-electron chi connectivity index (χ4n) is 2.91. The summed E-state index contributed by atoms with van der Waals surface area (Å²) in [7, 11) is -4.38. The van der Waals surface area contributed by atoms with Crippen LogP contribution in [0.5, 0.6) is 5.75 Å². The van der Waals surface area contributed by atoms with Crippen LogP contribution >= 0.6 is 0 Å². The Balaban J connectivity index is 1.76. The van der Waals surface area contributed by atoms with E-state index in [9.17, 15) is 36.3 Å². The number of aromatic nitrogens is 4. The molecule has 1 aliphatic rings. The first-order valence-electron chi connectivity index (χ1n) is 8.56. The molecule has 1 atom stereocenters. The van der Waals surface area contributed by atoms with Crippen molar-refractivity contribution in [1.29, 1.82) is 0 Å². The maximum Gasteiger partial charge on any atom is 0.573 e. The molecular weight excluding hydrogens is 449 g/mol. The van der Waals surface area contributed by atoms with Gasteiger partial charge in [-0.15, -0.1) is 23.4 Å². The van der Waals surface area contributed by atoms with Crippen LogP contribution in [0.1, 0.15) is 0 Å². The van der Waals surface area contributed by atoms with E-state index in [0.29, 0.717) is 4.31 Å². The van der Waals surface area contributed by atoms with Gasteiger partial charge < -0.3 is 14.7 Å². The molecule has 1 aromatic heterocycles. The van der Waals surface area contributed by atoms with Gasteiger partial charge in [0, 0.05) is 19.6 Å². The van der Waals surface area contributed by atoms with Gasteiger partial charge in [-0.2, -0.15) is 9.10 Å². The predicted molar refractivity (Wildman–Crippen MR) is 92.8 cm³/mol. The third-order valence-corrected chi connectivity index (χ3v) is 6.22. The highest BCUT2D eigenvalue weighted by molar-refractivity contribution is 7.89. The number of benzene rings is 1. The molecule has 16 heteroatoms. The highest BCUT2D eigenvalue weighted by atomic mass is 32.2. The van der Waals surface area contributed by atoms with E-state index in [2.05, 4.69) is 20.1 Å². The minimum absolute atomic E-state index is 0.105. The number of carboxylic acid groups (broad SMARTS) is 1. The van der Waals surface area contributed by atoms with E-state index >= 15 is 0 Å². The lowest BCUT2D eigenvalue weighted by atomic mass is 10.2. The summed E-state index contributed by atoms with van der Waals surface area (Å²) in [5.41, 5.74) is 0. The molecule has 1 aliphatic heterocycles. The van der Waals surface area contributed by atoms with E-state index in [1.54, 1.807) is 0 Å². The molecule has 12 nitrogen and oxygen atoms in total. The van der Waals surface area contributed by atoms with Crippen molar-refractivity contribution < 1.29 is 41.0 Å². The van der Waals surface area contributed by atoms with E-state index in [4.69, 9.17) is 0 Å². The zero-order valence-corrected chi connectivity index (χ0v) is 16.3. The van der Waals surface area contributed by atoms with E-state index in [1.807, 2.05) is 0 Å². The van der Waals surface area contributed by atoms with Crippen LogP contribution in [-0.2, 0) is 26.2 Å². The summed E-state index contributed by atoms with van der Waals surface area (Å²) in [4.78, 5) is 25.8. The molecule has 1 aromatic carbocycles. The SMILES string of the molecule is O=C(O)[C@H]1CN(C(=O)Cn2ncnn2)CCN1S(=O)(=O)c1ccc(OC(F)(F)F)cc1. The maximum absolute atomic E-state index is 12.9. The first-order valence-corrected chi connectivity index (χ1v) is 10.0. The molecule has 3 rings (SSSR count). The number of carbonyl (C=O) groups is 2. The number of nitrogens with zero attached hydrogens (tertiary/aromatic N) is 6. The van der Waals surface area contributed by atoms with E-state index < -0.39 is 51.5 Å². The Labute approximate surface area is 172 Å². The number of alkyl halides is 3. The summed E-state index contributed by atoms with van der Waals surface area (Å²) < 4.78 is 67.0. The van der Waals surface area contributed by atoms with Crippen LogP contribution in [0.25, 0.3) is 0 Å². The highest BCUT2D eigenvalue weighted by Crippen LogP contribution is 2.27. The summed E-state index contributed by atoms with van der Waals surface area (Å²) in [6.45, 7) is -1.18. The average Bonchev–Trinajstić information content (AvgIpc) is 3.19. The number of piperazine rings is 1. The summed E-state index contributed by atoms with van der Waals surface area (Å²) in [6.07, 6.45) is -3.83. The van der Waals surface area contributed by atoms with Crippen LogP contribution in [0.3, 0.4) is 0 Å². The predicted octanol–water partition coefficient (Wildman–Crippen LogP) is -0.442. The number of aliphatic carboxylic acids is 1. The number of hydrogen-bond donors (Lipinski definition) is 1. The summed E-state index contributed by atoms with van der Waals surface area (Å²) in [6, 6.07) is 1.77. The quantitative estimate of drug-likeness (QED) is 0.601. The van der Waals surface area contributed by atoms with Crippen molar-refractivity contribution in [3.05, 3.63) is 30.6 Å². The molecule has 2 heterocycles. The number of amides is 1. The minimum Gasteiger partial charge on any atom is -0.480 e. The molecule has 0 aliphatic carbocycles. The number of tetrazole rings is 1. The molecule has 1 fully saturated rings. The van der Waals surface area contributed by atoms with Crippen LogP contribution in [0.15, 0.2) is 35.5 Å². The first-order chi connectivity index (χ1) is 14.5. The molecule has 0 radical (unpaired) electrons. The van der Waals surface area contributed by atoms with Crippen molar-refractivity contribution in [1.82, 2.24) is 29.4 Å². The van der Waals surface area contributed by atoms with Crippen molar-refractivity contribution in [2.24, 2.45) is 0 Å². The second kappa shape index (κ2) is 8.46. The Bertz CT molecular complexity index is 1040. The molecule has 0 saturated carbocycles. The van der Waals surface area contributed by atoms with Crippen LogP contribution in [-0.4, -0.2) is 86.9 Å². The van der Waals surface area contributed by atoms with Crippen LogP contribution in [0.2, 0.25) is 0 Å². The molecule has 1 saturated heterocycles. The lowest BCUT2D eigenvalue weighted by Crippen LogP contribution is -2.59. The van der Waals surface area contributed by atoms with E-state index in [1.165, 1.54) is 0 Å². The summed E-state index contributed by atoms with van der Waals surface area (Å²) in [5, 5.41) is 20.2. The molecule has 0 spiro atoms. The molecule has 1 N–H and O–H groups in total. The van der Waals surface area contributed by atoms with Gasteiger partial charge in [-0.05, 0) is 29.5 Å². The number of sulfonamides is 1. The molecule has 2 aromatic rings. The highest BCUT2D eigenvalue weighted by Gasteiger charge is 2.41. The van der Waals surface area contributed by atoms with Gasteiger partial charge in [0.2, 0.25) is 15.9 Å². The topological polar surface area (TPSA) is 148 Å². The number of carboxylic acids is 1. The molecule has 168 valence electrons. The zero-order valence-electron chi connectivity index (χ0n) is 15.5. The third kappa shape index (κ3) is 5.26. The fourth-order valence-corrected chi connectivity index (χ4v) is 4.48. The zero-order chi connectivity index (χ0) is 22.8. The van der Waals surface area contributed by atoms with Crippen molar-refractivity contribution in [2.75, 3.05) is 19.6 Å². The molecule has 0 bridgehead atoms. The lowest BCUT2D eigenvalue weighted by Gasteiger charge is -2.38. The second-order valence-electron chi connectivity index (χ2n) is 6.30.